The Labute approximate surface area is 51.3 Å². The summed E-state index contributed by atoms with van der Waals surface area (Å²) in [6.45, 7) is 0.167. The molecule has 0 unspecified atom stereocenters. The maximum Gasteiger partial charge on any atom is 0.293 e. The predicted octanol–water partition coefficient (Wildman–Crippen LogP) is -0.932. The predicted molar refractivity (Wildman–Crippen MR) is 26.7 cm³/mol. The van der Waals surface area contributed by atoms with Gasteiger partial charge < -0.3 is 5.73 Å². The quantitative estimate of drug-likeness (QED) is 0.491. The molecule has 0 aliphatic rings. The zero-order valence-corrected chi connectivity index (χ0v) is 4.61. The highest BCUT2D eigenvalue weighted by Crippen LogP contribution is 1.88. The van der Waals surface area contributed by atoms with Crippen LogP contribution in [0.2, 0.25) is 0 Å². The number of nitrogens with two attached hydrogens (primary N) is 1. The lowest BCUT2D eigenvalue weighted by Gasteiger charge is -1.66. The Kier molecular flexibility index (Phi) is 1.32. The van der Waals surface area contributed by atoms with Crippen LogP contribution in [0, 0.1) is 11.3 Å². The molecule has 1 aromatic rings. The zero-order chi connectivity index (χ0) is 6.69. The summed E-state index contributed by atoms with van der Waals surface area (Å²) in [5.74, 6) is 0.213. The second-order valence-electron chi connectivity index (χ2n) is 1.46. The van der Waals surface area contributed by atoms with Gasteiger partial charge in [0, 0.05) is 0 Å². The molecule has 1 rings (SSSR count). The minimum atomic E-state index is 0.167. The highest BCUT2D eigenvalue weighted by atomic mass is 16.5. The van der Waals surface area contributed by atoms with Crippen LogP contribution in [0.5, 0.6) is 0 Å². The highest BCUT2D eigenvalue weighted by Gasteiger charge is 2.05. The Morgan fingerprint density at radius 1 is 2.00 bits per heavy atom. The van der Waals surface area contributed by atoms with E-state index in [0.29, 0.717) is 0 Å². The summed E-state index contributed by atoms with van der Waals surface area (Å²) in [5, 5.41) is 11.5. The van der Waals surface area contributed by atoms with Gasteiger partial charge in [-0.05, 0) is 4.68 Å². The van der Waals surface area contributed by atoms with Crippen molar-refractivity contribution in [2.75, 3.05) is 5.73 Å². The lowest BCUT2D eigenvalue weighted by Crippen LogP contribution is -2.33. The molecule has 0 bridgehead atoms. The molecule has 0 fully saturated rings. The van der Waals surface area contributed by atoms with Crippen LogP contribution < -0.4 is 10.4 Å². The van der Waals surface area contributed by atoms with Crippen LogP contribution in [0.1, 0.15) is 0 Å². The smallest absolute Gasteiger partial charge is 0.293 e. The Balaban J connectivity index is 2.76. The molecule has 0 saturated heterocycles. The van der Waals surface area contributed by atoms with Crippen molar-refractivity contribution in [2.24, 2.45) is 0 Å². The van der Waals surface area contributed by atoms with Gasteiger partial charge in [0.1, 0.15) is 6.07 Å². The van der Waals surface area contributed by atoms with E-state index in [1.165, 1.54) is 10.9 Å². The van der Waals surface area contributed by atoms with Gasteiger partial charge in [-0.1, -0.05) is 0 Å². The van der Waals surface area contributed by atoms with Crippen LogP contribution in [0.4, 0.5) is 5.88 Å². The third-order valence-electron chi connectivity index (χ3n) is 0.760. The molecule has 2 N–H and O–H groups in total. The Morgan fingerprint density at radius 3 is 3.22 bits per heavy atom. The summed E-state index contributed by atoms with van der Waals surface area (Å²) in [5.41, 5.74) is 5.15. The fraction of sp³-hybridized carbons (Fsp3) is 0.250. The number of nitrogens with zero attached hydrogens (tertiary/aromatic N) is 3. The van der Waals surface area contributed by atoms with Crippen LogP contribution in [-0.4, -0.2) is 5.27 Å². The van der Waals surface area contributed by atoms with Gasteiger partial charge in [0.05, 0.1) is 0 Å². The van der Waals surface area contributed by atoms with Gasteiger partial charge in [-0.25, -0.2) is 0 Å². The van der Waals surface area contributed by atoms with Crippen LogP contribution >= 0.6 is 0 Å². The molecule has 0 aromatic carbocycles. The van der Waals surface area contributed by atoms with Crippen LogP contribution in [-0.2, 0) is 6.54 Å². The molecule has 0 atom stereocenters. The van der Waals surface area contributed by atoms with E-state index >= 15 is 0 Å². The van der Waals surface area contributed by atoms with Gasteiger partial charge in [0.25, 0.3) is 18.6 Å². The van der Waals surface area contributed by atoms with Crippen molar-refractivity contribution in [1.29, 1.82) is 5.26 Å². The number of aromatic nitrogens is 2. The average Bonchev–Trinajstić information content (AvgIpc) is 2.17. The molecule has 0 spiro atoms. The third kappa shape index (κ3) is 1.16. The molecule has 1 heterocycles. The molecular formula is C4H5N4O+. The second-order valence-corrected chi connectivity index (χ2v) is 1.46. The summed E-state index contributed by atoms with van der Waals surface area (Å²) >= 11 is 0. The molecule has 0 aliphatic heterocycles. The van der Waals surface area contributed by atoms with Gasteiger partial charge in [-0.2, -0.15) is 5.26 Å². The molecule has 0 radical (unpaired) electrons. The first kappa shape index (κ1) is 5.56. The van der Waals surface area contributed by atoms with E-state index in [4.69, 9.17) is 11.0 Å². The minimum absolute atomic E-state index is 0.167. The fourth-order valence-corrected chi connectivity index (χ4v) is 0.441. The van der Waals surface area contributed by atoms with Crippen LogP contribution in [0.25, 0.3) is 0 Å². The second kappa shape index (κ2) is 2.13. The molecule has 0 amide bonds. The van der Waals surface area contributed by atoms with E-state index in [1.807, 2.05) is 6.07 Å². The van der Waals surface area contributed by atoms with E-state index < -0.39 is 0 Å². The highest BCUT2D eigenvalue weighted by molar-refractivity contribution is 5.11. The Morgan fingerprint density at radius 2 is 2.78 bits per heavy atom. The Bertz CT molecular complexity index is 235. The van der Waals surface area contributed by atoms with Gasteiger partial charge in [-0.15, -0.1) is 0 Å². The summed E-state index contributed by atoms with van der Waals surface area (Å²) in [6, 6.07) is 1.88. The van der Waals surface area contributed by atoms with E-state index in [1.54, 1.807) is 0 Å². The fourth-order valence-electron chi connectivity index (χ4n) is 0.441. The topological polar surface area (TPSA) is 79.7 Å². The lowest BCUT2D eigenvalue weighted by molar-refractivity contribution is -0.751. The van der Waals surface area contributed by atoms with E-state index in [9.17, 15) is 0 Å². The zero-order valence-electron chi connectivity index (χ0n) is 4.61. The van der Waals surface area contributed by atoms with E-state index in [0.717, 1.165) is 0 Å². The minimum Gasteiger partial charge on any atom is -0.362 e. The van der Waals surface area contributed by atoms with Gasteiger partial charge in [-0.3, -0.25) is 4.52 Å². The molecule has 1 aromatic heterocycles. The van der Waals surface area contributed by atoms with Crippen molar-refractivity contribution in [3.63, 3.8) is 0 Å². The monoisotopic (exact) mass is 125 g/mol. The maximum atomic E-state index is 8.14. The standard InChI is InChI=1S/C4H5N4O/c5-1-2-8-3-4(6)9-7-8/h3H,2,6H2/q+1. The molecule has 5 heteroatoms. The third-order valence-corrected chi connectivity index (χ3v) is 0.760. The lowest BCUT2D eigenvalue weighted by atomic mass is 10.7. The molecular weight excluding hydrogens is 120 g/mol. The summed E-state index contributed by atoms with van der Waals surface area (Å²) in [6.07, 6.45) is 1.45. The molecule has 0 aliphatic carbocycles. The molecule has 5 nitrogen and oxygen atoms in total. The summed E-state index contributed by atoms with van der Waals surface area (Å²) in [7, 11) is 0. The van der Waals surface area contributed by atoms with Crippen molar-refractivity contribution in [3.8, 4) is 6.07 Å². The number of hydrogen-bond acceptors (Lipinski definition) is 4. The van der Waals surface area contributed by atoms with Crippen molar-refractivity contribution in [3.05, 3.63) is 6.20 Å². The first-order valence-corrected chi connectivity index (χ1v) is 2.32. The van der Waals surface area contributed by atoms with Gasteiger partial charge >= 0.3 is 0 Å². The van der Waals surface area contributed by atoms with Crippen LogP contribution in [0.3, 0.4) is 0 Å². The van der Waals surface area contributed by atoms with Crippen molar-refractivity contribution >= 4 is 5.88 Å². The van der Waals surface area contributed by atoms with Gasteiger partial charge in [0.2, 0.25) is 5.27 Å². The first-order valence-electron chi connectivity index (χ1n) is 2.32. The number of rotatable bonds is 1. The van der Waals surface area contributed by atoms with Crippen molar-refractivity contribution in [2.45, 2.75) is 6.54 Å². The number of anilines is 1. The normalized spacial score (nSPS) is 8.78. The summed E-state index contributed by atoms with van der Waals surface area (Å²) in [4.78, 5) is 0. The molecule has 9 heavy (non-hydrogen) atoms. The average molecular weight is 125 g/mol. The van der Waals surface area contributed by atoms with Crippen molar-refractivity contribution < 1.29 is 9.20 Å². The van der Waals surface area contributed by atoms with E-state index in [2.05, 4.69) is 9.79 Å². The number of hydrogen-bond donors (Lipinski definition) is 1. The number of nitrogen functional groups attached to an aromatic ring is 1. The largest absolute Gasteiger partial charge is 0.362 e. The van der Waals surface area contributed by atoms with E-state index in [-0.39, 0.29) is 12.4 Å². The van der Waals surface area contributed by atoms with Crippen LogP contribution in [0.15, 0.2) is 10.7 Å². The SMILES string of the molecule is N#CC[n+]1cc(N)on1. The van der Waals surface area contributed by atoms with Crippen molar-refractivity contribution in [1.82, 2.24) is 5.27 Å². The van der Waals surface area contributed by atoms with Gasteiger partial charge in [0.15, 0.2) is 0 Å². The summed E-state index contributed by atoms with van der Waals surface area (Å²) < 4.78 is 5.77. The Hall–Kier alpha value is -1.57. The molecule has 0 saturated carbocycles. The number of nitriles is 1. The molecule has 46 valence electrons. The maximum absolute atomic E-state index is 8.14. The first-order chi connectivity index (χ1) is 4.33.